The number of amides is 1. The third-order valence-corrected chi connectivity index (χ3v) is 3.59. The van der Waals surface area contributed by atoms with E-state index in [1.807, 2.05) is 26.0 Å². The molecule has 2 aromatic heterocycles. The Labute approximate surface area is 133 Å². The molecule has 3 rings (SSSR count). The van der Waals surface area contributed by atoms with Gasteiger partial charge in [-0.2, -0.15) is 0 Å². The number of furan rings is 1. The summed E-state index contributed by atoms with van der Waals surface area (Å²) < 4.78 is 10.8. The normalized spacial score (nSPS) is 10.7. The van der Waals surface area contributed by atoms with E-state index in [1.54, 1.807) is 18.2 Å². The highest BCUT2D eigenvalue weighted by molar-refractivity contribution is 6.11. The number of aromatic nitrogens is 1. The number of fused-ring (bicyclic) bond motifs is 1. The zero-order chi connectivity index (χ0) is 16.6. The predicted octanol–water partition coefficient (Wildman–Crippen LogP) is 3.29. The Morgan fingerprint density at radius 2 is 2.04 bits per heavy atom. The topological polar surface area (TPSA) is 90.4 Å². The molecule has 0 bridgehead atoms. The standard InChI is InChI=1S/C17H17N3O3/c1-9-8-10(2)19-17-13(9)14(18)15(23-17)16(21)20-11-6-4-5-7-12(11)22-3/h4-8H,18H2,1-3H3,(H,20,21). The van der Waals surface area contributed by atoms with Crippen molar-refractivity contribution in [3.05, 3.63) is 47.3 Å². The van der Waals surface area contributed by atoms with E-state index in [0.717, 1.165) is 11.3 Å². The molecule has 3 aromatic rings. The Morgan fingerprint density at radius 3 is 2.78 bits per heavy atom. The van der Waals surface area contributed by atoms with E-state index < -0.39 is 5.91 Å². The van der Waals surface area contributed by atoms with Gasteiger partial charge in [-0.3, -0.25) is 4.79 Å². The number of hydrogen-bond acceptors (Lipinski definition) is 5. The molecule has 0 atom stereocenters. The summed E-state index contributed by atoms with van der Waals surface area (Å²) >= 11 is 0. The fourth-order valence-corrected chi connectivity index (χ4v) is 2.56. The number of carbonyl (C=O) groups excluding carboxylic acids is 1. The van der Waals surface area contributed by atoms with Crippen LogP contribution in [0.1, 0.15) is 21.8 Å². The number of pyridine rings is 1. The van der Waals surface area contributed by atoms with Crippen LogP contribution in [0.4, 0.5) is 11.4 Å². The lowest BCUT2D eigenvalue weighted by Gasteiger charge is -2.08. The molecular formula is C17H17N3O3. The molecule has 0 fully saturated rings. The molecule has 0 radical (unpaired) electrons. The van der Waals surface area contributed by atoms with E-state index in [1.165, 1.54) is 7.11 Å². The summed E-state index contributed by atoms with van der Waals surface area (Å²) in [5.41, 5.74) is 9.01. The van der Waals surface area contributed by atoms with Crippen LogP contribution in [-0.4, -0.2) is 18.0 Å². The van der Waals surface area contributed by atoms with Crippen LogP contribution in [0.2, 0.25) is 0 Å². The average Bonchev–Trinajstić information content (AvgIpc) is 2.84. The van der Waals surface area contributed by atoms with Crippen molar-refractivity contribution in [1.29, 1.82) is 0 Å². The molecule has 1 aromatic carbocycles. The second-order valence-corrected chi connectivity index (χ2v) is 5.26. The number of nitrogens with two attached hydrogens (primary N) is 1. The molecular weight excluding hydrogens is 294 g/mol. The Morgan fingerprint density at radius 1 is 1.30 bits per heavy atom. The zero-order valence-corrected chi connectivity index (χ0v) is 13.1. The number of para-hydroxylation sites is 2. The maximum atomic E-state index is 12.5. The smallest absolute Gasteiger partial charge is 0.293 e. The number of benzene rings is 1. The lowest BCUT2D eigenvalue weighted by molar-refractivity contribution is 0.0999. The second kappa shape index (κ2) is 5.64. The number of nitrogens with one attached hydrogen (secondary N) is 1. The van der Waals surface area contributed by atoms with Crippen molar-refractivity contribution in [2.45, 2.75) is 13.8 Å². The minimum absolute atomic E-state index is 0.0482. The van der Waals surface area contributed by atoms with Gasteiger partial charge in [0.05, 0.1) is 23.9 Å². The van der Waals surface area contributed by atoms with Crippen LogP contribution >= 0.6 is 0 Å². The number of ether oxygens (including phenoxy) is 1. The van der Waals surface area contributed by atoms with E-state index in [9.17, 15) is 4.79 Å². The van der Waals surface area contributed by atoms with Gasteiger partial charge >= 0.3 is 0 Å². The summed E-state index contributed by atoms with van der Waals surface area (Å²) in [6, 6.07) is 9.02. The lowest BCUT2D eigenvalue weighted by Crippen LogP contribution is -2.13. The van der Waals surface area contributed by atoms with Crippen LogP contribution in [0, 0.1) is 13.8 Å². The molecule has 0 aliphatic carbocycles. The molecule has 6 nitrogen and oxygen atoms in total. The van der Waals surface area contributed by atoms with E-state index in [-0.39, 0.29) is 11.4 Å². The van der Waals surface area contributed by atoms with E-state index in [2.05, 4.69) is 10.3 Å². The van der Waals surface area contributed by atoms with Gasteiger partial charge in [-0.1, -0.05) is 12.1 Å². The number of rotatable bonds is 3. The van der Waals surface area contributed by atoms with Crippen molar-refractivity contribution in [3.63, 3.8) is 0 Å². The SMILES string of the molecule is COc1ccccc1NC(=O)c1oc2nc(C)cc(C)c2c1N. The zero-order valence-electron chi connectivity index (χ0n) is 13.1. The minimum atomic E-state index is -0.443. The maximum absolute atomic E-state index is 12.5. The van der Waals surface area contributed by atoms with E-state index in [0.29, 0.717) is 22.5 Å². The largest absolute Gasteiger partial charge is 0.495 e. The second-order valence-electron chi connectivity index (χ2n) is 5.26. The van der Waals surface area contributed by atoms with Gasteiger partial charge < -0.3 is 20.2 Å². The summed E-state index contributed by atoms with van der Waals surface area (Å²) in [5.74, 6) is 0.162. The van der Waals surface area contributed by atoms with Crippen molar-refractivity contribution in [3.8, 4) is 5.75 Å². The Kier molecular flexibility index (Phi) is 3.65. The van der Waals surface area contributed by atoms with Gasteiger partial charge in [-0.05, 0) is 37.6 Å². The average molecular weight is 311 g/mol. The summed E-state index contributed by atoms with van der Waals surface area (Å²) in [7, 11) is 1.54. The first-order chi connectivity index (χ1) is 11.0. The molecule has 0 unspecified atom stereocenters. The van der Waals surface area contributed by atoms with E-state index in [4.69, 9.17) is 14.9 Å². The molecule has 0 aliphatic rings. The van der Waals surface area contributed by atoms with Crippen molar-refractivity contribution in [2.75, 3.05) is 18.2 Å². The molecule has 6 heteroatoms. The highest BCUT2D eigenvalue weighted by atomic mass is 16.5. The fraction of sp³-hybridized carbons (Fsp3) is 0.176. The molecule has 0 saturated carbocycles. The van der Waals surface area contributed by atoms with Crippen molar-refractivity contribution < 1.29 is 13.9 Å². The number of methoxy groups -OCH3 is 1. The van der Waals surface area contributed by atoms with Gasteiger partial charge in [0.15, 0.2) is 0 Å². The number of carbonyl (C=O) groups is 1. The van der Waals surface area contributed by atoms with Crippen LogP contribution in [0.25, 0.3) is 11.1 Å². The first kappa shape index (κ1) is 14.9. The van der Waals surface area contributed by atoms with Crippen LogP contribution in [-0.2, 0) is 0 Å². The first-order valence-electron chi connectivity index (χ1n) is 7.12. The summed E-state index contributed by atoms with van der Waals surface area (Å²) in [6.07, 6.45) is 0. The van der Waals surface area contributed by atoms with Crippen LogP contribution in [0.15, 0.2) is 34.7 Å². The quantitative estimate of drug-likeness (QED) is 0.774. The molecule has 0 saturated heterocycles. The Balaban J connectivity index is 2.01. The van der Waals surface area contributed by atoms with Crippen molar-refractivity contribution >= 4 is 28.4 Å². The highest BCUT2D eigenvalue weighted by Crippen LogP contribution is 2.31. The molecule has 0 spiro atoms. The molecule has 3 N–H and O–H groups in total. The van der Waals surface area contributed by atoms with Crippen LogP contribution in [0.3, 0.4) is 0 Å². The summed E-state index contributed by atoms with van der Waals surface area (Å²) in [5, 5.41) is 3.42. The van der Waals surface area contributed by atoms with Gasteiger partial charge in [0.2, 0.25) is 11.5 Å². The fourth-order valence-electron chi connectivity index (χ4n) is 2.56. The molecule has 23 heavy (non-hydrogen) atoms. The van der Waals surface area contributed by atoms with Crippen molar-refractivity contribution in [1.82, 2.24) is 4.98 Å². The molecule has 2 heterocycles. The first-order valence-corrected chi connectivity index (χ1v) is 7.12. The Hall–Kier alpha value is -3.02. The van der Waals surface area contributed by atoms with Gasteiger partial charge in [-0.15, -0.1) is 0 Å². The number of anilines is 2. The Bertz CT molecular complexity index is 899. The minimum Gasteiger partial charge on any atom is -0.495 e. The van der Waals surface area contributed by atoms with Crippen LogP contribution < -0.4 is 15.8 Å². The summed E-state index contributed by atoms with van der Waals surface area (Å²) in [4.78, 5) is 16.8. The number of aryl methyl sites for hydroxylation is 2. The molecule has 118 valence electrons. The highest BCUT2D eigenvalue weighted by Gasteiger charge is 2.21. The van der Waals surface area contributed by atoms with Crippen molar-refractivity contribution in [2.24, 2.45) is 0 Å². The number of nitrogen functional groups attached to an aromatic ring is 1. The number of hydrogen-bond donors (Lipinski definition) is 2. The third-order valence-electron chi connectivity index (χ3n) is 3.59. The molecule has 0 aliphatic heterocycles. The van der Waals surface area contributed by atoms with Crippen LogP contribution in [0.5, 0.6) is 5.75 Å². The van der Waals surface area contributed by atoms with Gasteiger partial charge in [0.25, 0.3) is 5.91 Å². The maximum Gasteiger partial charge on any atom is 0.293 e. The monoisotopic (exact) mass is 311 g/mol. The van der Waals surface area contributed by atoms with Gasteiger partial charge in [0.1, 0.15) is 5.75 Å². The third kappa shape index (κ3) is 2.59. The predicted molar refractivity (Wildman–Crippen MR) is 88.8 cm³/mol. The lowest BCUT2D eigenvalue weighted by atomic mass is 10.1. The number of nitrogens with zero attached hydrogens (tertiary/aromatic N) is 1. The summed E-state index contributed by atoms with van der Waals surface area (Å²) in [6.45, 7) is 3.77. The van der Waals surface area contributed by atoms with Gasteiger partial charge in [-0.25, -0.2) is 4.98 Å². The molecule has 1 amide bonds. The van der Waals surface area contributed by atoms with Gasteiger partial charge in [0, 0.05) is 5.69 Å². The van der Waals surface area contributed by atoms with E-state index >= 15 is 0 Å².